The topological polar surface area (TPSA) is 439 Å². The Morgan fingerprint density at radius 2 is 0.706 bits per heavy atom. The fraction of sp³-hybridized carbons (Fsp3) is 0.356. The average Bonchev–Trinajstić information content (AvgIpc) is 1.45. The zero-order chi connectivity index (χ0) is 99.8. The highest BCUT2D eigenvalue weighted by molar-refractivity contribution is 8.00. The van der Waals surface area contributed by atoms with Crippen LogP contribution >= 0.6 is 81.5 Å². The third-order valence-electron chi connectivity index (χ3n) is 23.1. The van der Waals surface area contributed by atoms with Gasteiger partial charge in [-0.3, -0.25) is 44.4 Å². The van der Waals surface area contributed by atoms with Gasteiger partial charge in [-0.2, -0.15) is 49.8 Å². The molecule has 10 heterocycles. The van der Waals surface area contributed by atoms with Gasteiger partial charge in [0.1, 0.15) is 75.5 Å². The van der Waals surface area contributed by atoms with E-state index in [-0.39, 0.29) is 24.9 Å². The molecular weight excluding hydrogens is 1940 g/mol. The summed E-state index contributed by atoms with van der Waals surface area (Å²) in [5, 5.41) is 34.5. The van der Waals surface area contributed by atoms with E-state index in [1.807, 2.05) is 207 Å². The van der Waals surface area contributed by atoms with Crippen LogP contribution < -0.4 is 31.9 Å². The smallest absolute Gasteiger partial charge is 0.233 e. The number of aliphatic imine (C=N–C) groups is 1. The Kier molecular flexibility index (Phi) is 36.0. The molecule has 0 bridgehead atoms. The maximum atomic E-state index is 12.0. The summed E-state index contributed by atoms with van der Waals surface area (Å²) >= 11 is 10.5. The van der Waals surface area contributed by atoms with E-state index < -0.39 is 0 Å². The molecule has 0 saturated heterocycles. The molecular formula is C104H111N25O7S7. The monoisotopic (exact) mass is 2050 g/mol. The molecule has 13 aromatic rings. The number of carbonyl (C=O) groups is 6. The van der Waals surface area contributed by atoms with E-state index in [4.69, 9.17) is 0 Å². The molecule has 0 spiro atoms. The number of aliphatic hydroxyl groups is 1. The Hall–Kier alpha value is -12.8. The number of aromatic nitrogens is 18. The number of nitrogens with zero attached hydrogens (tertiary/aromatic N) is 19. The largest absolute Gasteiger partial charge is 0.392 e. The number of hydrogen-bond donors (Lipinski definition) is 7. The van der Waals surface area contributed by atoms with Crippen LogP contribution in [0.15, 0.2) is 224 Å². The normalized spacial score (nSPS) is 14.4. The minimum absolute atomic E-state index is 0.00452. The summed E-state index contributed by atoms with van der Waals surface area (Å²) in [4.78, 5) is 162. The van der Waals surface area contributed by atoms with Gasteiger partial charge >= 0.3 is 0 Å². The predicted molar refractivity (Wildman–Crippen MR) is 559 cm³/mol. The van der Waals surface area contributed by atoms with Crippen molar-refractivity contribution < 1.29 is 33.9 Å². The van der Waals surface area contributed by atoms with Crippen molar-refractivity contribution in [3.8, 4) is 0 Å². The average molecular weight is 2050 g/mol. The third-order valence-corrected chi connectivity index (χ3v) is 29.3. The van der Waals surface area contributed by atoms with Crippen molar-refractivity contribution in [1.82, 2.24) is 95.0 Å². The van der Waals surface area contributed by atoms with Crippen LogP contribution in [0.3, 0.4) is 0 Å². The van der Waals surface area contributed by atoms with Crippen LogP contribution in [0.2, 0.25) is 0 Å². The minimum Gasteiger partial charge on any atom is -0.392 e. The van der Waals surface area contributed by atoms with Crippen molar-refractivity contribution in [2.24, 2.45) is 34.6 Å². The Morgan fingerprint density at radius 3 is 0.979 bits per heavy atom. The first-order valence-electron chi connectivity index (χ1n) is 48.1. The number of nitrogens with one attached hydrogen (secondary N) is 6. The first-order chi connectivity index (χ1) is 69.4. The molecule has 736 valence electrons. The van der Waals surface area contributed by atoms with E-state index in [9.17, 15) is 33.9 Å². The zero-order valence-corrected chi connectivity index (χ0v) is 86.6. The van der Waals surface area contributed by atoms with Gasteiger partial charge in [0.15, 0.2) is 41.8 Å². The van der Waals surface area contributed by atoms with Gasteiger partial charge in [0.2, 0.25) is 29.7 Å². The van der Waals surface area contributed by atoms with Crippen LogP contribution in [-0.2, 0) is 93.0 Å². The first kappa shape index (κ1) is 103. The number of carbonyl (C=O) groups excluding carboxylic acids is 6. The second-order valence-electron chi connectivity index (χ2n) is 35.2. The SMILES string of the molecule is CCc1nc(NC2=CC(=O)CN2)nc(Sc2ccc(CC(=O)C3CC3)cc2)n1.CCc1nc(NC2=NCC(CO)=C2)nc(Sc2ccc(CC(=O)C3CC3)cc2)n1.CCc1nc(Nc2ccc(C)cn2)nc(Sc2ccc(CC(=O)C3CC3)cc2)n1.CCc1nc(Nc2nc(C)c(C)s2)nc(Sc2ccc(CC(=O)C3CC3)cc2)n1.CCc1nc(Nc2nc(C)cs2)nc(Sc2ccc(CC(=O)C3CC3)cc2)n1. The molecule has 5 saturated carbocycles. The molecule has 7 N–H and O–H groups in total. The molecule has 5 fully saturated rings. The number of hydrogen-bond acceptors (Lipinski definition) is 39. The van der Waals surface area contributed by atoms with Crippen LogP contribution in [-0.4, -0.2) is 155 Å². The molecule has 20 rings (SSSR count). The van der Waals surface area contributed by atoms with Crippen molar-refractivity contribution in [2.45, 2.75) is 241 Å². The highest BCUT2D eigenvalue weighted by Gasteiger charge is 2.34. The van der Waals surface area contributed by atoms with Crippen molar-refractivity contribution in [3.63, 3.8) is 0 Å². The summed E-state index contributed by atoms with van der Waals surface area (Å²) in [6, 6.07) is 44.1. The second kappa shape index (κ2) is 50.0. The van der Waals surface area contributed by atoms with Gasteiger partial charge < -0.3 is 26.4 Å². The predicted octanol–water partition coefficient (Wildman–Crippen LogP) is 19.5. The number of thiazole rings is 2. The molecule has 0 radical (unpaired) electrons. The molecule has 143 heavy (non-hydrogen) atoms. The summed E-state index contributed by atoms with van der Waals surface area (Å²) in [6.45, 7) is 18.8. The molecule has 0 amide bonds. The number of anilines is 8. The van der Waals surface area contributed by atoms with E-state index in [0.717, 1.165) is 180 Å². The number of Topliss-reactive ketones (excluding diaryl/α,β-unsaturated/α-hetero) is 5. The molecule has 2 aliphatic heterocycles. The van der Waals surface area contributed by atoms with Crippen molar-refractivity contribution in [2.75, 3.05) is 46.3 Å². The molecule has 39 heteroatoms. The molecule has 8 aromatic heterocycles. The Balaban J connectivity index is 0.000000128. The highest BCUT2D eigenvalue weighted by atomic mass is 32.2. The lowest BCUT2D eigenvalue weighted by atomic mass is 10.1. The fourth-order valence-corrected chi connectivity index (χ4v) is 19.5. The van der Waals surface area contributed by atoms with Gasteiger partial charge in [0.25, 0.3) is 0 Å². The van der Waals surface area contributed by atoms with Gasteiger partial charge in [-0.15, -0.1) is 22.7 Å². The van der Waals surface area contributed by atoms with E-state index in [2.05, 4.69) is 127 Å². The standard InChI is InChI=1S/C22H23N5OS.C21H23N5O2S.C21H23N5OS2.C20H21N5O2S.C20H21N5OS2/c1-3-19-24-21(25-20-11-4-14(2)13-23-20)27-22(26-19)29-17-9-5-15(6-10-17)12-18(28)16-7-8-16;1-2-18-23-20(24-19-10-14(12-27)11-22-19)26-21(25-18)29-16-7-3-13(4-8-16)9-17(28)15-5-6-15;1-4-18-23-19(25-20-22-12(2)13(3)28-20)26-21(24-18)29-16-9-5-14(6-10-16)11-17(27)15-7-8-15;1-2-17-22-19(23-18-10-14(26)11-21-18)25-20(24-17)28-15-7-3-12(4-8-15)9-16(27)13-5-6-13;1-3-17-22-18(24-19-21-12(2)11-27-19)25-20(23-17)28-15-8-4-13(5-9-15)10-16(26)14-6-7-14/h4-6,9-11,13,16H,3,7-8,12H2,1-2H3,(H,23,24,25,26,27);3-4,7-8,10,15,27H,2,5-6,9,11-12H2,1H3,(H,22,23,24,25,26);5-6,9-10,15H,4,7-8,11H2,1-3H3,(H,22,23,24,25,26);3-4,7-8,10,13,21H,2,5-6,9,11H2,1H3,(H,22,23,24,25);4-5,8-9,11,14H,3,6-7,10H2,1-2H3,(H,21,22,23,24,25). The molecule has 32 nitrogen and oxygen atoms in total. The second-order valence-corrected chi connectivity index (χ2v) is 42.5. The van der Waals surface area contributed by atoms with Gasteiger partial charge in [-0.25, -0.2) is 39.9 Å². The van der Waals surface area contributed by atoms with E-state index in [0.29, 0.717) is 195 Å². The fourth-order valence-electron chi connectivity index (χ4n) is 14.1. The quantitative estimate of drug-likeness (QED) is 0.0187. The molecule has 7 aliphatic rings. The van der Waals surface area contributed by atoms with Crippen LogP contribution in [0.1, 0.15) is 178 Å². The van der Waals surface area contributed by atoms with E-state index in [1.165, 1.54) is 81.1 Å². The molecule has 5 aliphatic carbocycles. The van der Waals surface area contributed by atoms with Crippen LogP contribution in [0.25, 0.3) is 0 Å². The lowest BCUT2D eigenvalue weighted by Gasteiger charge is -2.09. The van der Waals surface area contributed by atoms with Crippen molar-refractivity contribution in [1.29, 1.82) is 0 Å². The molecule has 0 atom stereocenters. The number of rotatable bonds is 40. The summed E-state index contributed by atoms with van der Waals surface area (Å²) in [6.07, 6.45) is 21.8. The number of pyridine rings is 1. The Labute approximate surface area is 859 Å². The van der Waals surface area contributed by atoms with E-state index in [1.54, 1.807) is 17.5 Å². The van der Waals surface area contributed by atoms with Gasteiger partial charge in [-0.1, -0.05) is 101 Å². The molecule has 5 aromatic carbocycles. The van der Waals surface area contributed by atoms with Gasteiger partial charge in [-0.05, 0) is 262 Å². The summed E-state index contributed by atoms with van der Waals surface area (Å²) in [7, 11) is 0. The number of aliphatic hydroxyl groups excluding tert-OH is 1. The number of amidine groups is 1. The number of ketones is 6. The Bertz CT molecular complexity index is 6780. The third kappa shape index (κ3) is 32.6. The lowest BCUT2D eigenvalue weighted by Crippen LogP contribution is -2.18. The van der Waals surface area contributed by atoms with Crippen molar-refractivity contribution in [3.05, 3.63) is 247 Å². The summed E-state index contributed by atoms with van der Waals surface area (Å²) in [5.74, 6) is 11.2. The number of aryl methyl sites for hydroxylation is 9. The van der Waals surface area contributed by atoms with Crippen LogP contribution in [0, 0.1) is 57.3 Å². The van der Waals surface area contributed by atoms with Crippen LogP contribution in [0.5, 0.6) is 0 Å². The summed E-state index contributed by atoms with van der Waals surface area (Å²) < 4.78 is 0. The zero-order valence-electron chi connectivity index (χ0n) is 80.9. The van der Waals surface area contributed by atoms with E-state index >= 15 is 0 Å². The highest BCUT2D eigenvalue weighted by Crippen LogP contribution is 2.39. The van der Waals surface area contributed by atoms with Crippen molar-refractivity contribution >= 4 is 168 Å². The van der Waals surface area contributed by atoms with Gasteiger partial charge in [0.05, 0.1) is 31.1 Å². The number of benzene rings is 5. The Morgan fingerprint density at radius 1 is 0.378 bits per heavy atom. The maximum absolute atomic E-state index is 12.0. The lowest BCUT2D eigenvalue weighted by molar-refractivity contribution is -0.120. The maximum Gasteiger partial charge on any atom is 0.233 e. The molecule has 0 unspecified atom stereocenters. The van der Waals surface area contributed by atoms with Gasteiger partial charge in [0, 0.05) is 141 Å². The first-order valence-corrected chi connectivity index (χ1v) is 53.9. The van der Waals surface area contributed by atoms with Crippen LogP contribution in [0.4, 0.5) is 45.8 Å². The minimum atomic E-state index is -0.00452. The summed E-state index contributed by atoms with van der Waals surface area (Å²) in [5.41, 5.74) is 9.20.